The van der Waals surface area contributed by atoms with Gasteiger partial charge in [-0.3, -0.25) is 9.78 Å². The van der Waals surface area contributed by atoms with Crippen molar-refractivity contribution < 1.29 is 9.53 Å². The summed E-state index contributed by atoms with van der Waals surface area (Å²) in [7, 11) is 0. The van der Waals surface area contributed by atoms with Crippen LogP contribution in [-0.4, -0.2) is 17.4 Å². The number of ether oxygens (including phenoxy) is 1. The lowest BCUT2D eigenvalue weighted by Gasteiger charge is -2.24. The number of carbonyl (C=O) groups is 1. The number of para-hydroxylation sites is 1. The normalized spacial score (nSPS) is 18.2. The maximum absolute atomic E-state index is 12.3. The standard InChI is InChI=1S/C13H11NO2S/c15-13(12-7-14-8-17-12)10-5-6-16-11-4-2-1-3-9(10)11/h1-4,7-8,10H,5-6H2. The smallest absolute Gasteiger partial charge is 0.182 e. The summed E-state index contributed by atoms with van der Waals surface area (Å²) >= 11 is 1.40. The molecule has 1 unspecified atom stereocenters. The fourth-order valence-corrected chi connectivity index (χ4v) is 2.74. The van der Waals surface area contributed by atoms with Crippen LogP contribution in [0, 0.1) is 0 Å². The monoisotopic (exact) mass is 245 g/mol. The van der Waals surface area contributed by atoms with Gasteiger partial charge < -0.3 is 4.74 Å². The van der Waals surface area contributed by atoms with E-state index in [4.69, 9.17) is 4.74 Å². The van der Waals surface area contributed by atoms with Crippen molar-refractivity contribution >= 4 is 17.1 Å². The molecule has 86 valence electrons. The van der Waals surface area contributed by atoms with Gasteiger partial charge in [-0.25, -0.2) is 0 Å². The molecule has 17 heavy (non-hydrogen) atoms. The minimum Gasteiger partial charge on any atom is -0.493 e. The predicted octanol–water partition coefficient (Wildman–Crippen LogP) is 2.89. The van der Waals surface area contributed by atoms with E-state index in [1.165, 1.54) is 11.3 Å². The molecule has 0 amide bonds. The second-order valence-electron chi connectivity index (χ2n) is 3.96. The van der Waals surface area contributed by atoms with Crippen molar-refractivity contribution in [2.24, 2.45) is 0 Å². The highest BCUT2D eigenvalue weighted by Gasteiger charge is 2.28. The zero-order chi connectivity index (χ0) is 11.7. The zero-order valence-corrected chi connectivity index (χ0v) is 9.94. The Labute approximate surface area is 103 Å². The van der Waals surface area contributed by atoms with Crippen LogP contribution >= 0.6 is 11.3 Å². The number of thiazole rings is 1. The first-order valence-electron chi connectivity index (χ1n) is 5.50. The van der Waals surface area contributed by atoms with Crippen LogP contribution in [0.2, 0.25) is 0 Å². The molecule has 2 heterocycles. The third kappa shape index (κ3) is 1.85. The first-order valence-corrected chi connectivity index (χ1v) is 6.38. The van der Waals surface area contributed by atoms with E-state index < -0.39 is 0 Å². The van der Waals surface area contributed by atoms with Crippen molar-refractivity contribution in [2.75, 3.05) is 6.61 Å². The number of ketones is 1. The Morgan fingerprint density at radius 3 is 3.12 bits per heavy atom. The Bertz CT molecular complexity index is 536. The van der Waals surface area contributed by atoms with Crippen LogP contribution in [0.25, 0.3) is 0 Å². The van der Waals surface area contributed by atoms with Crippen molar-refractivity contribution in [2.45, 2.75) is 12.3 Å². The Morgan fingerprint density at radius 2 is 2.29 bits per heavy atom. The highest BCUT2D eigenvalue weighted by molar-refractivity contribution is 7.11. The van der Waals surface area contributed by atoms with Gasteiger partial charge in [0.1, 0.15) is 5.75 Å². The highest BCUT2D eigenvalue weighted by atomic mass is 32.1. The van der Waals surface area contributed by atoms with E-state index >= 15 is 0 Å². The Balaban J connectivity index is 1.98. The van der Waals surface area contributed by atoms with Gasteiger partial charge in [0.05, 0.1) is 22.9 Å². The molecule has 2 aromatic rings. The van der Waals surface area contributed by atoms with Crippen molar-refractivity contribution in [3.05, 3.63) is 46.4 Å². The molecule has 0 bridgehead atoms. The number of fused-ring (bicyclic) bond motifs is 1. The van der Waals surface area contributed by atoms with Crippen LogP contribution in [0.3, 0.4) is 0 Å². The molecular formula is C13H11NO2S. The summed E-state index contributed by atoms with van der Waals surface area (Å²) < 4.78 is 5.56. The molecule has 0 aliphatic carbocycles. The third-order valence-corrected chi connectivity index (χ3v) is 3.74. The SMILES string of the molecule is O=C(c1cncs1)C1CCOc2ccccc21. The summed E-state index contributed by atoms with van der Waals surface area (Å²) in [4.78, 5) is 17.0. The van der Waals surface area contributed by atoms with Gasteiger partial charge in [-0.15, -0.1) is 11.3 Å². The van der Waals surface area contributed by atoms with Crippen LogP contribution in [0.5, 0.6) is 5.75 Å². The van der Waals surface area contributed by atoms with Gasteiger partial charge in [0.2, 0.25) is 0 Å². The number of hydrogen-bond donors (Lipinski definition) is 0. The number of carbonyl (C=O) groups excluding carboxylic acids is 1. The number of nitrogens with zero attached hydrogens (tertiary/aromatic N) is 1. The third-order valence-electron chi connectivity index (χ3n) is 2.95. The summed E-state index contributed by atoms with van der Waals surface area (Å²) in [6.45, 7) is 0.603. The second-order valence-corrected chi connectivity index (χ2v) is 4.84. The molecule has 0 radical (unpaired) electrons. The van der Waals surface area contributed by atoms with Gasteiger partial charge in [-0.05, 0) is 12.5 Å². The van der Waals surface area contributed by atoms with Crippen LogP contribution in [0.4, 0.5) is 0 Å². The van der Waals surface area contributed by atoms with Gasteiger partial charge in [0, 0.05) is 11.8 Å². The first-order chi connectivity index (χ1) is 8.36. The summed E-state index contributed by atoms with van der Waals surface area (Å²) in [6.07, 6.45) is 2.39. The largest absolute Gasteiger partial charge is 0.493 e. The lowest BCUT2D eigenvalue weighted by Crippen LogP contribution is -2.20. The Kier molecular flexibility index (Phi) is 2.65. The molecule has 0 saturated heterocycles. The maximum atomic E-state index is 12.3. The lowest BCUT2D eigenvalue weighted by atomic mass is 9.89. The van der Waals surface area contributed by atoms with Gasteiger partial charge in [0.25, 0.3) is 0 Å². The average molecular weight is 245 g/mol. The first kappa shape index (κ1) is 10.5. The highest BCUT2D eigenvalue weighted by Crippen LogP contribution is 2.35. The van der Waals surface area contributed by atoms with E-state index in [-0.39, 0.29) is 11.7 Å². The molecule has 3 nitrogen and oxygen atoms in total. The van der Waals surface area contributed by atoms with Crippen LogP contribution < -0.4 is 4.74 Å². The number of benzene rings is 1. The maximum Gasteiger partial charge on any atom is 0.182 e. The van der Waals surface area contributed by atoms with Gasteiger partial charge >= 0.3 is 0 Å². The number of rotatable bonds is 2. The minimum atomic E-state index is -0.0830. The summed E-state index contributed by atoms with van der Waals surface area (Å²) in [5.41, 5.74) is 2.69. The van der Waals surface area contributed by atoms with Crippen molar-refractivity contribution in [3.8, 4) is 5.75 Å². The lowest BCUT2D eigenvalue weighted by molar-refractivity contribution is 0.0937. The molecule has 1 aromatic carbocycles. The molecule has 3 rings (SSSR count). The van der Waals surface area contributed by atoms with Gasteiger partial charge in [0.15, 0.2) is 5.78 Å². The van der Waals surface area contributed by atoms with E-state index in [2.05, 4.69) is 4.98 Å². The molecule has 0 saturated carbocycles. The van der Waals surface area contributed by atoms with Crippen LogP contribution in [-0.2, 0) is 0 Å². The molecule has 0 fully saturated rings. The van der Waals surface area contributed by atoms with Crippen LogP contribution in [0.1, 0.15) is 27.6 Å². The van der Waals surface area contributed by atoms with E-state index in [1.54, 1.807) is 11.7 Å². The molecule has 0 spiro atoms. The second kappa shape index (κ2) is 4.30. The van der Waals surface area contributed by atoms with Gasteiger partial charge in [-0.1, -0.05) is 18.2 Å². The topological polar surface area (TPSA) is 39.2 Å². The molecule has 1 atom stereocenters. The fourth-order valence-electron chi connectivity index (χ4n) is 2.12. The van der Waals surface area contributed by atoms with Crippen LogP contribution in [0.15, 0.2) is 36.0 Å². The minimum absolute atomic E-state index is 0.0830. The van der Waals surface area contributed by atoms with Crippen molar-refractivity contribution in [1.82, 2.24) is 4.98 Å². The van der Waals surface area contributed by atoms with Crippen molar-refractivity contribution in [1.29, 1.82) is 0 Å². The summed E-state index contributed by atoms with van der Waals surface area (Å²) in [5, 5.41) is 0. The molecular weight excluding hydrogens is 234 g/mol. The summed E-state index contributed by atoms with van der Waals surface area (Å²) in [6, 6.07) is 7.76. The molecule has 1 aliphatic rings. The van der Waals surface area contributed by atoms with Crippen molar-refractivity contribution in [3.63, 3.8) is 0 Å². The molecule has 0 N–H and O–H groups in total. The fraction of sp³-hybridized carbons (Fsp3) is 0.231. The predicted molar refractivity (Wildman–Crippen MR) is 65.7 cm³/mol. The molecule has 1 aromatic heterocycles. The molecule has 1 aliphatic heterocycles. The molecule has 4 heteroatoms. The summed E-state index contributed by atoms with van der Waals surface area (Å²) in [5.74, 6) is 0.908. The quantitative estimate of drug-likeness (QED) is 0.764. The van der Waals surface area contributed by atoms with E-state index in [9.17, 15) is 4.79 Å². The van der Waals surface area contributed by atoms with Gasteiger partial charge in [-0.2, -0.15) is 0 Å². The number of aromatic nitrogens is 1. The number of hydrogen-bond acceptors (Lipinski definition) is 4. The Hall–Kier alpha value is -1.68. The van der Waals surface area contributed by atoms with E-state index in [1.807, 2.05) is 24.3 Å². The number of Topliss-reactive ketones (excluding diaryl/α,β-unsaturated/α-hetero) is 1. The van der Waals surface area contributed by atoms with E-state index in [0.717, 1.165) is 22.6 Å². The zero-order valence-electron chi connectivity index (χ0n) is 9.13. The average Bonchev–Trinajstić information content (AvgIpc) is 2.91. The van der Waals surface area contributed by atoms with E-state index in [0.29, 0.717) is 6.61 Å². The Morgan fingerprint density at radius 1 is 1.41 bits per heavy atom.